The molecule has 0 aromatic heterocycles. The molecule has 2 aliphatic rings. The lowest BCUT2D eigenvalue weighted by atomic mass is 9.89. The monoisotopic (exact) mass is 282 g/mol. The fourth-order valence-corrected chi connectivity index (χ4v) is 4.10. The molecule has 0 amide bonds. The van der Waals surface area contributed by atoms with Crippen LogP contribution in [-0.4, -0.2) is 48.3 Å². The maximum absolute atomic E-state index is 9.07. The number of rotatable bonds is 7. The van der Waals surface area contributed by atoms with Gasteiger partial charge in [0.1, 0.15) is 0 Å². The largest absolute Gasteiger partial charge is 0.396 e. The fraction of sp³-hybridized carbons (Fsp3) is 1.00. The quantitative estimate of drug-likeness (QED) is 0.753. The first-order valence-electron chi connectivity index (χ1n) is 8.76. The summed E-state index contributed by atoms with van der Waals surface area (Å²) >= 11 is 0. The first-order valence-corrected chi connectivity index (χ1v) is 8.76. The second-order valence-corrected chi connectivity index (χ2v) is 7.42. The van der Waals surface area contributed by atoms with E-state index < -0.39 is 0 Å². The van der Waals surface area contributed by atoms with Crippen molar-refractivity contribution in [3.63, 3.8) is 0 Å². The van der Waals surface area contributed by atoms with Crippen LogP contribution < -0.4 is 5.32 Å². The van der Waals surface area contributed by atoms with Gasteiger partial charge < -0.3 is 15.3 Å². The van der Waals surface area contributed by atoms with Crippen molar-refractivity contribution in [2.75, 3.05) is 26.2 Å². The van der Waals surface area contributed by atoms with E-state index in [1.54, 1.807) is 0 Å². The lowest BCUT2D eigenvalue weighted by molar-refractivity contribution is 0.114. The first kappa shape index (κ1) is 16.3. The lowest BCUT2D eigenvalue weighted by Crippen LogP contribution is -2.52. The molecule has 2 unspecified atom stereocenters. The maximum atomic E-state index is 9.07. The highest BCUT2D eigenvalue weighted by molar-refractivity contribution is 4.87. The van der Waals surface area contributed by atoms with Gasteiger partial charge in [-0.1, -0.05) is 26.7 Å². The Morgan fingerprint density at radius 2 is 1.90 bits per heavy atom. The minimum absolute atomic E-state index is 0.349. The lowest BCUT2D eigenvalue weighted by Gasteiger charge is -2.40. The second kappa shape index (κ2) is 8.35. The molecule has 0 aromatic carbocycles. The van der Waals surface area contributed by atoms with Crippen LogP contribution in [-0.2, 0) is 0 Å². The molecule has 2 rings (SSSR count). The molecule has 3 heteroatoms. The zero-order chi connectivity index (χ0) is 14.4. The highest BCUT2D eigenvalue weighted by atomic mass is 16.2. The predicted molar refractivity (Wildman–Crippen MR) is 84.9 cm³/mol. The van der Waals surface area contributed by atoms with Crippen molar-refractivity contribution in [3.05, 3.63) is 0 Å². The van der Waals surface area contributed by atoms with Crippen molar-refractivity contribution in [1.29, 1.82) is 0 Å². The minimum atomic E-state index is 0.349. The highest BCUT2D eigenvalue weighted by Crippen LogP contribution is 2.25. The van der Waals surface area contributed by atoms with E-state index in [0.29, 0.717) is 12.6 Å². The summed E-state index contributed by atoms with van der Waals surface area (Å²) in [6, 6.07) is 1.45. The normalized spacial score (nSPS) is 29.4. The van der Waals surface area contributed by atoms with Crippen molar-refractivity contribution in [3.8, 4) is 0 Å². The van der Waals surface area contributed by atoms with Gasteiger partial charge in [0.05, 0.1) is 0 Å². The molecule has 2 N–H and O–H groups in total. The van der Waals surface area contributed by atoms with Gasteiger partial charge in [0.15, 0.2) is 0 Å². The number of aliphatic hydroxyl groups excluding tert-OH is 1. The third kappa shape index (κ3) is 5.34. The SMILES string of the molecule is CC(C)CN1CC(CCCO)CC(NC2CCCC2)C1. The zero-order valence-corrected chi connectivity index (χ0v) is 13.5. The Balaban J connectivity index is 1.84. The van der Waals surface area contributed by atoms with Gasteiger partial charge in [-0.25, -0.2) is 0 Å². The molecule has 1 saturated heterocycles. The van der Waals surface area contributed by atoms with Crippen LogP contribution >= 0.6 is 0 Å². The van der Waals surface area contributed by atoms with Crippen molar-refractivity contribution >= 4 is 0 Å². The number of nitrogens with zero attached hydrogens (tertiary/aromatic N) is 1. The standard InChI is InChI=1S/C17H34N2O/c1-14(2)11-19-12-15(6-5-9-20)10-17(13-19)18-16-7-3-4-8-16/h14-18,20H,3-13H2,1-2H3. The van der Waals surface area contributed by atoms with Gasteiger partial charge in [-0.3, -0.25) is 0 Å². The number of piperidine rings is 1. The number of likely N-dealkylation sites (tertiary alicyclic amines) is 1. The van der Waals surface area contributed by atoms with Crippen LogP contribution in [0.25, 0.3) is 0 Å². The summed E-state index contributed by atoms with van der Waals surface area (Å²) in [5, 5.41) is 13.0. The molecule has 1 heterocycles. The van der Waals surface area contributed by atoms with E-state index in [4.69, 9.17) is 5.11 Å². The number of hydrogen-bond donors (Lipinski definition) is 2. The Kier molecular flexibility index (Phi) is 6.79. The van der Waals surface area contributed by atoms with Crippen LogP contribution in [0.15, 0.2) is 0 Å². The van der Waals surface area contributed by atoms with Gasteiger partial charge in [0.2, 0.25) is 0 Å². The summed E-state index contributed by atoms with van der Waals surface area (Å²) in [6.45, 7) is 8.67. The summed E-state index contributed by atoms with van der Waals surface area (Å²) in [5.41, 5.74) is 0. The third-order valence-corrected chi connectivity index (χ3v) is 4.83. The topological polar surface area (TPSA) is 35.5 Å². The summed E-state index contributed by atoms with van der Waals surface area (Å²) in [7, 11) is 0. The van der Waals surface area contributed by atoms with Crippen LogP contribution in [0.5, 0.6) is 0 Å². The Hall–Kier alpha value is -0.120. The predicted octanol–water partition coefficient (Wildman–Crippen LogP) is 2.64. The average Bonchev–Trinajstić information content (AvgIpc) is 2.88. The highest BCUT2D eigenvalue weighted by Gasteiger charge is 2.29. The van der Waals surface area contributed by atoms with Gasteiger partial charge in [0.25, 0.3) is 0 Å². The molecular formula is C17H34N2O. The van der Waals surface area contributed by atoms with Crippen LogP contribution in [0.2, 0.25) is 0 Å². The van der Waals surface area contributed by atoms with Gasteiger partial charge in [-0.2, -0.15) is 0 Å². The Bertz CT molecular complexity index is 264. The molecule has 20 heavy (non-hydrogen) atoms. The molecule has 0 radical (unpaired) electrons. The van der Waals surface area contributed by atoms with E-state index in [9.17, 15) is 0 Å². The number of hydrogen-bond acceptors (Lipinski definition) is 3. The molecule has 0 aromatic rings. The minimum Gasteiger partial charge on any atom is -0.396 e. The van der Waals surface area contributed by atoms with Crippen molar-refractivity contribution in [2.45, 2.75) is 70.9 Å². The zero-order valence-electron chi connectivity index (χ0n) is 13.5. The van der Waals surface area contributed by atoms with Crippen molar-refractivity contribution in [2.24, 2.45) is 11.8 Å². The van der Waals surface area contributed by atoms with Gasteiger partial charge in [-0.05, 0) is 43.9 Å². The van der Waals surface area contributed by atoms with Crippen molar-refractivity contribution in [1.82, 2.24) is 10.2 Å². The second-order valence-electron chi connectivity index (χ2n) is 7.42. The molecule has 1 saturated carbocycles. The van der Waals surface area contributed by atoms with Gasteiger partial charge in [-0.15, -0.1) is 0 Å². The molecule has 3 nitrogen and oxygen atoms in total. The molecule has 118 valence electrons. The van der Waals surface area contributed by atoms with Crippen LogP contribution in [0, 0.1) is 11.8 Å². The van der Waals surface area contributed by atoms with Crippen molar-refractivity contribution < 1.29 is 5.11 Å². The smallest absolute Gasteiger partial charge is 0.0431 e. The molecule has 1 aliphatic heterocycles. The number of nitrogens with one attached hydrogen (secondary N) is 1. The van der Waals surface area contributed by atoms with Crippen LogP contribution in [0.4, 0.5) is 0 Å². The van der Waals surface area contributed by atoms with E-state index >= 15 is 0 Å². The molecule has 2 fully saturated rings. The van der Waals surface area contributed by atoms with E-state index in [-0.39, 0.29) is 0 Å². The molecular weight excluding hydrogens is 248 g/mol. The summed E-state index contributed by atoms with van der Waals surface area (Å²) in [4.78, 5) is 2.66. The molecule has 1 aliphatic carbocycles. The first-order chi connectivity index (χ1) is 9.67. The van der Waals surface area contributed by atoms with Crippen LogP contribution in [0.1, 0.15) is 58.8 Å². The Morgan fingerprint density at radius 3 is 2.55 bits per heavy atom. The third-order valence-electron chi connectivity index (χ3n) is 4.83. The summed E-state index contributed by atoms with van der Waals surface area (Å²) in [6.07, 6.45) is 9.04. The average molecular weight is 282 g/mol. The molecule has 0 bridgehead atoms. The molecule has 2 atom stereocenters. The Morgan fingerprint density at radius 1 is 1.15 bits per heavy atom. The van der Waals surface area contributed by atoms with E-state index in [0.717, 1.165) is 24.3 Å². The number of aliphatic hydroxyl groups is 1. The molecule has 0 spiro atoms. The summed E-state index contributed by atoms with van der Waals surface area (Å²) in [5.74, 6) is 1.52. The van der Waals surface area contributed by atoms with Crippen LogP contribution in [0.3, 0.4) is 0 Å². The van der Waals surface area contributed by atoms with E-state index in [2.05, 4.69) is 24.1 Å². The summed E-state index contributed by atoms with van der Waals surface area (Å²) < 4.78 is 0. The van der Waals surface area contributed by atoms with E-state index in [1.165, 1.54) is 58.2 Å². The van der Waals surface area contributed by atoms with Gasteiger partial charge in [0, 0.05) is 38.3 Å². The van der Waals surface area contributed by atoms with E-state index in [1.807, 2.05) is 0 Å². The maximum Gasteiger partial charge on any atom is 0.0431 e. The Labute approximate surface area is 125 Å². The fourth-order valence-electron chi connectivity index (χ4n) is 4.10. The van der Waals surface area contributed by atoms with Gasteiger partial charge >= 0.3 is 0 Å².